The summed E-state index contributed by atoms with van der Waals surface area (Å²) in [5.41, 5.74) is -0.525. The van der Waals surface area contributed by atoms with Crippen molar-refractivity contribution < 1.29 is 13.2 Å². The zero-order chi connectivity index (χ0) is 23.9. The number of hydrogen-bond acceptors (Lipinski definition) is 9. The number of nitriles is 1. The van der Waals surface area contributed by atoms with E-state index in [1.54, 1.807) is 6.92 Å². The first-order chi connectivity index (χ1) is 14.9. The van der Waals surface area contributed by atoms with Crippen molar-refractivity contribution in [3.8, 4) is 17.7 Å². The maximum atomic E-state index is 13.1. The Morgan fingerprint density at radius 3 is 2.44 bits per heavy atom. The van der Waals surface area contributed by atoms with Gasteiger partial charge in [0.1, 0.15) is 11.8 Å². The Balaban J connectivity index is 2.49. The van der Waals surface area contributed by atoms with E-state index in [4.69, 9.17) is 5.26 Å². The van der Waals surface area contributed by atoms with Gasteiger partial charge in [0, 0.05) is 24.6 Å². The second kappa shape index (κ2) is 9.95. The van der Waals surface area contributed by atoms with Crippen molar-refractivity contribution in [1.29, 1.82) is 5.26 Å². The molecule has 0 fully saturated rings. The topological polar surface area (TPSA) is 125 Å². The lowest BCUT2D eigenvalue weighted by molar-refractivity contribution is -0.141. The molecule has 2 aromatic rings. The highest BCUT2D eigenvalue weighted by Gasteiger charge is 2.33. The molecule has 0 amide bonds. The molecule has 0 aromatic carbocycles. The van der Waals surface area contributed by atoms with Crippen LogP contribution in [0.4, 0.5) is 25.1 Å². The Labute approximate surface area is 183 Å². The molecule has 2 heterocycles. The summed E-state index contributed by atoms with van der Waals surface area (Å²) in [7, 11) is 0. The highest BCUT2D eigenvalue weighted by molar-refractivity contribution is 5.52. The lowest BCUT2D eigenvalue weighted by Gasteiger charge is -2.19. The molecule has 0 spiro atoms. The van der Waals surface area contributed by atoms with Crippen LogP contribution in [0, 0.1) is 16.7 Å². The predicted octanol–water partition coefficient (Wildman–Crippen LogP) is 4.23. The van der Waals surface area contributed by atoms with Crippen LogP contribution >= 0.6 is 0 Å². The van der Waals surface area contributed by atoms with Gasteiger partial charge in [-0.3, -0.25) is 4.99 Å². The molecule has 2 aromatic heterocycles. The zero-order valence-corrected chi connectivity index (χ0v) is 18.0. The van der Waals surface area contributed by atoms with Gasteiger partial charge in [-0.2, -0.15) is 33.4 Å². The maximum Gasteiger partial charge on any atom is 0.433 e. The van der Waals surface area contributed by atoms with E-state index in [1.165, 1.54) is 12.3 Å². The largest absolute Gasteiger partial charge is 0.433 e. The molecule has 0 unspecified atom stereocenters. The van der Waals surface area contributed by atoms with Crippen LogP contribution in [-0.2, 0) is 6.18 Å². The first-order valence-electron chi connectivity index (χ1n) is 9.33. The summed E-state index contributed by atoms with van der Waals surface area (Å²) < 4.78 is 39.2. The molecule has 0 radical (unpaired) electrons. The van der Waals surface area contributed by atoms with Crippen LogP contribution in [0.1, 0.15) is 33.4 Å². The van der Waals surface area contributed by atoms with Gasteiger partial charge < -0.3 is 10.6 Å². The molecule has 0 aliphatic rings. The van der Waals surface area contributed by atoms with Crippen molar-refractivity contribution in [2.75, 3.05) is 17.2 Å². The van der Waals surface area contributed by atoms with Crippen LogP contribution in [0.25, 0.3) is 11.6 Å². The van der Waals surface area contributed by atoms with E-state index in [-0.39, 0.29) is 34.5 Å². The van der Waals surface area contributed by atoms with Crippen molar-refractivity contribution in [3.05, 3.63) is 41.5 Å². The van der Waals surface area contributed by atoms with Gasteiger partial charge in [0.25, 0.3) is 0 Å². The molecule has 168 valence electrons. The van der Waals surface area contributed by atoms with E-state index in [1.807, 2.05) is 26.8 Å². The lowest BCUT2D eigenvalue weighted by atomic mass is 9.97. The fourth-order valence-electron chi connectivity index (χ4n) is 2.22. The zero-order valence-electron chi connectivity index (χ0n) is 18.0. The summed E-state index contributed by atoms with van der Waals surface area (Å²) in [6, 6.07) is 2.71. The van der Waals surface area contributed by atoms with Crippen molar-refractivity contribution in [2.45, 2.75) is 33.9 Å². The fraction of sp³-hybridized carbons (Fsp3) is 0.350. The second-order valence-corrected chi connectivity index (χ2v) is 7.81. The van der Waals surface area contributed by atoms with Crippen LogP contribution < -0.4 is 10.6 Å². The van der Waals surface area contributed by atoms with Gasteiger partial charge in [-0.1, -0.05) is 20.8 Å². The van der Waals surface area contributed by atoms with Crippen molar-refractivity contribution in [1.82, 2.24) is 24.9 Å². The van der Waals surface area contributed by atoms with Crippen molar-refractivity contribution in [3.63, 3.8) is 0 Å². The number of hydrogen-bond donors (Lipinski definition) is 2. The minimum atomic E-state index is -4.64. The molecule has 0 atom stereocenters. The Kier molecular flexibility index (Phi) is 7.58. The van der Waals surface area contributed by atoms with Gasteiger partial charge in [0.2, 0.25) is 17.7 Å². The molecule has 2 N–H and O–H groups in total. The summed E-state index contributed by atoms with van der Waals surface area (Å²) >= 11 is 0. The molecule has 0 saturated carbocycles. The maximum absolute atomic E-state index is 13.1. The molecule has 0 aliphatic carbocycles. The Bertz CT molecular complexity index is 1080. The number of rotatable bonds is 7. The highest BCUT2D eigenvalue weighted by atomic mass is 19.4. The summed E-state index contributed by atoms with van der Waals surface area (Å²) in [5, 5.41) is 15.0. The van der Waals surface area contributed by atoms with Crippen molar-refractivity contribution >= 4 is 18.6 Å². The normalized spacial score (nSPS) is 12.8. The van der Waals surface area contributed by atoms with Gasteiger partial charge >= 0.3 is 6.18 Å². The molecule has 0 aliphatic heterocycles. The van der Waals surface area contributed by atoms with Crippen LogP contribution in [0.15, 0.2) is 40.8 Å². The fourth-order valence-corrected chi connectivity index (χ4v) is 2.22. The summed E-state index contributed by atoms with van der Waals surface area (Å²) in [4.78, 5) is 23.5. The molecule has 0 saturated heterocycles. The van der Waals surface area contributed by atoms with Crippen LogP contribution in [0.2, 0.25) is 0 Å². The highest BCUT2D eigenvalue weighted by Crippen LogP contribution is 2.28. The quantitative estimate of drug-likeness (QED) is 0.369. The van der Waals surface area contributed by atoms with E-state index in [9.17, 15) is 13.2 Å². The van der Waals surface area contributed by atoms with E-state index >= 15 is 0 Å². The van der Waals surface area contributed by atoms with Gasteiger partial charge in [0.15, 0.2) is 5.82 Å². The number of aliphatic imine (C=N–C) groups is 1. The number of nitrogens with one attached hydrogen (secondary N) is 2. The molecule has 12 heteroatoms. The van der Waals surface area contributed by atoms with Crippen molar-refractivity contribution in [2.24, 2.45) is 10.4 Å². The summed E-state index contributed by atoms with van der Waals surface area (Å²) in [5.74, 6) is -0.295. The first kappa shape index (κ1) is 24.4. The van der Waals surface area contributed by atoms with E-state index in [0.717, 1.165) is 12.3 Å². The molecule has 9 nitrogen and oxygen atoms in total. The SMILES string of the molecule is C=N/C=C(C#N)\C=C(/C)Nc1nc(NCC(C)(C)C)nc(-c2nccc(C(F)(F)F)n2)n1. The third-order valence-electron chi connectivity index (χ3n) is 3.60. The Morgan fingerprint density at radius 2 is 1.84 bits per heavy atom. The molecule has 32 heavy (non-hydrogen) atoms. The number of nitrogens with zero attached hydrogens (tertiary/aromatic N) is 7. The summed E-state index contributed by atoms with van der Waals surface area (Å²) in [6.45, 7) is 11.4. The minimum Gasteiger partial charge on any atom is -0.354 e. The molecule has 0 bridgehead atoms. The van der Waals surface area contributed by atoms with E-state index in [2.05, 4.69) is 47.3 Å². The minimum absolute atomic E-state index is 0.0324. The predicted molar refractivity (Wildman–Crippen MR) is 114 cm³/mol. The standard InChI is InChI=1S/C20H22F3N9/c1-12(8-13(9-24)10-25-5)28-18-31-16(30-17(32-18)27-11-19(2,3)4)15-26-7-6-14(29-15)20(21,22)23/h6-8,10H,5,11H2,1-4H3,(H2,27,28,30,31,32)/b12-8+,13-10+. The molecular formula is C20H22F3N9. The number of aromatic nitrogens is 5. The van der Waals surface area contributed by atoms with Gasteiger partial charge in [-0.05, 0) is 31.2 Å². The third kappa shape index (κ3) is 7.42. The molecule has 2 rings (SSSR count). The third-order valence-corrected chi connectivity index (χ3v) is 3.60. The van der Waals surface area contributed by atoms with Gasteiger partial charge in [-0.15, -0.1) is 0 Å². The van der Waals surface area contributed by atoms with Gasteiger partial charge in [-0.25, -0.2) is 9.97 Å². The number of halogens is 3. The van der Waals surface area contributed by atoms with Crippen LogP contribution in [0.3, 0.4) is 0 Å². The van der Waals surface area contributed by atoms with E-state index < -0.39 is 11.9 Å². The average Bonchev–Trinajstić information content (AvgIpc) is 2.70. The van der Waals surface area contributed by atoms with Crippen LogP contribution in [0.5, 0.6) is 0 Å². The van der Waals surface area contributed by atoms with Crippen LogP contribution in [-0.4, -0.2) is 38.2 Å². The van der Waals surface area contributed by atoms with E-state index in [0.29, 0.717) is 12.2 Å². The number of alkyl halides is 3. The van der Waals surface area contributed by atoms with Gasteiger partial charge in [0.05, 0.1) is 5.57 Å². The Hall–Kier alpha value is -3.88. The Morgan fingerprint density at radius 1 is 1.16 bits per heavy atom. The second-order valence-electron chi connectivity index (χ2n) is 7.81. The average molecular weight is 445 g/mol. The lowest BCUT2D eigenvalue weighted by Crippen LogP contribution is -2.21. The monoisotopic (exact) mass is 445 g/mol. The smallest absolute Gasteiger partial charge is 0.354 e. The number of allylic oxidation sites excluding steroid dienone is 3. The summed E-state index contributed by atoms with van der Waals surface area (Å²) in [6.07, 6.45) is -0.892. The molecular weight excluding hydrogens is 423 g/mol. The first-order valence-corrected chi connectivity index (χ1v) is 9.33. The number of anilines is 2.